The highest BCUT2D eigenvalue weighted by Crippen LogP contribution is 2.18. The summed E-state index contributed by atoms with van der Waals surface area (Å²) in [6.45, 7) is 1.82. The molecule has 1 aromatic carbocycles. The molecule has 67 heavy (non-hydrogen) atoms. The predicted molar refractivity (Wildman–Crippen MR) is 238 cm³/mol. The lowest BCUT2D eigenvalue weighted by atomic mass is 9.78. The van der Waals surface area contributed by atoms with E-state index >= 15 is 0 Å². The molecular weight excluding hydrogens is 883 g/mol. The Kier molecular flexibility index (Phi) is 23.4. The minimum Gasteiger partial charge on any atom is -0.481 e. The fourth-order valence-electron chi connectivity index (χ4n) is 7.39. The van der Waals surface area contributed by atoms with E-state index in [0.717, 1.165) is 0 Å². The number of rotatable bonds is 26. The third-order valence-electron chi connectivity index (χ3n) is 10.9. The topological polar surface area (TPSA) is 392 Å². The molecular formula is C40H63BN12O14. The molecule has 0 bridgehead atoms. The van der Waals surface area contributed by atoms with Crippen molar-refractivity contribution in [2.45, 2.75) is 69.5 Å². The molecule has 2 aliphatic rings. The summed E-state index contributed by atoms with van der Waals surface area (Å²) in [4.78, 5) is 123. The molecule has 0 spiro atoms. The number of aliphatic carboxylic acids is 3. The first kappa shape index (κ1) is 54.9. The first-order valence-electron chi connectivity index (χ1n) is 21.9. The molecule has 2 heterocycles. The van der Waals surface area contributed by atoms with E-state index in [-0.39, 0.29) is 63.5 Å². The average Bonchev–Trinajstić information content (AvgIpc) is 3.79. The average molecular weight is 947 g/mol. The van der Waals surface area contributed by atoms with Crippen molar-refractivity contribution in [2.75, 3.05) is 85.1 Å². The molecule has 6 amide bonds. The third kappa shape index (κ3) is 21.2. The van der Waals surface area contributed by atoms with E-state index in [1.807, 2.05) is 4.90 Å². The zero-order chi connectivity index (χ0) is 49.5. The summed E-state index contributed by atoms with van der Waals surface area (Å²) in [5.41, 5.74) is 11.5. The maximum atomic E-state index is 13.3. The van der Waals surface area contributed by atoms with Crippen LogP contribution in [0, 0.1) is 0 Å². The molecule has 0 aliphatic carbocycles. The van der Waals surface area contributed by atoms with Crippen LogP contribution in [0.2, 0.25) is 0 Å². The highest BCUT2D eigenvalue weighted by molar-refractivity contribution is 6.43. The summed E-state index contributed by atoms with van der Waals surface area (Å²) in [6.07, 6.45) is 0.865. The van der Waals surface area contributed by atoms with E-state index in [0.29, 0.717) is 77.2 Å². The number of aliphatic imine (C=N–C) groups is 1. The fraction of sp³-hybridized carbons (Fsp3) is 0.600. The largest absolute Gasteiger partial charge is 0.481 e. The summed E-state index contributed by atoms with van der Waals surface area (Å²) in [6, 6.07) is 3.20. The molecule has 1 unspecified atom stereocenters. The van der Waals surface area contributed by atoms with Crippen LogP contribution in [0.25, 0.3) is 0 Å². The molecule has 2 aliphatic heterocycles. The minimum absolute atomic E-state index is 0.0149. The highest BCUT2D eigenvalue weighted by atomic mass is 16.4. The number of likely N-dealkylation sites (tertiary alicyclic amines) is 1. The van der Waals surface area contributed by atoms with E-state index < -0.39 is 91.5 Å². The van der Waals surface area contributed by atoms with Gasteiger partial charge in [-0.15, -0.1) is 0 Å². The molecule has 27 heteroatoms. The van der Waals surface area contributed by atoms with Crippen molar-refractivity contribution in [3.05, 3.63) is 35.4 Å². The standard InChI is InChI=1S/C40H63BN12O14/c42-40(43)44-11-1-4-28(48-31(54)6-3-12-50-14-16-51(24-35(59)60)18-19-52(17-15-50)25-36(61)62)38(64)46-22-32(55)49-29(20-34(57)58)39(65)45-21-26-7-9-27(10-8-26)37(63)47-23-33(56)53-13-2-5-30(53)41(66)67/h7-10,28-30,66-67H,1-6,11-25H2,(H,45,65)(H,46,64)(H,47,63)(H,48,54)(H,49,55)(H,57,58)(H,59,60)(H,61,62)(H4,42,43,44)/t28-,29-,30?/m0/s1. The number of guanidine groups is 1. The lowest BCUT2D eigenvalue weighted by molar-refractivity contribution is -0.141. The predicted octanol–water partition coefficient (Wildman–Crippen LogP) is -5.48. The van der Waals surface area contributed by atoms with Crippen molar-refractivity contribution in [1.29, 1.82) is 0 Å². The van der Waals surface area contributed by atoms with Crippen molar-refractivity contribution in [1.82, 2.24) is 46.2 Å². The van der Waals surface area contributed by atoms with Crippen LogP contribution in [-0.2, 0) is 44.9 Å². The maximum absolute atomic E-state index is 13.3. The quantitative estimate of drug-likeness (QED) is 0.0178. The van der Waals surface area contributed by atoms with E-state index in [1.165, 1.54) is 29.2 Å². The van der Waals surface area contributed by atoms with Crippen LogP contribution in [0.15, 0.2) is 29.3 Å². The number of nitrogens with one attached hydrogen (secondary N) is 5. The van der Waals surface area contributed by atoms with Gasteiger partial charge in [-0.25, -0.2) is 0 Å². The number of carboxylic acids is 3. The second-order valence-electron chi connectivity index (χ2n) is 16.1. The molecule has 1 aromatic rings. The van der Waals surface area contributed by atoms with Crippen LogP contribution >= 0.6 is 0 Å². The number of carbonyl (C=O) groups excluding carboxylic acids is 6. The number of hydrogen-bond donors (Lipinski definition) is 12. The Balaban J connectivity index is 1.51. The van der Waals surface area contributed by atoms with Gasteiger partial charge in [-0.2, -0.15) is 0 Å². The first-order valence-corrected chi connectivity index (χ1v) is 21.9. The number of benzene rings is 1. The van der Waals surface area contributed by atoms with Crippen LogP contribution in [0.3, 0.4) is 0 Å². The molecule has 2 fully saturated rings. The number of carbonyl (C=O) groups is 9. The minimum atomic E-state index is -1.69. The molecule has 14 N–H and O–H groups in total. The highest BCUT2D eigenvalue weighted by Gasteiger charge is 2.36. The second kappa shape index (κ2) is 28.6. The SMILES string of the molecule is NC(N)=NCCC[C@H](NC(=O)CCCN1CCN(CC(=O)O)CCN(CC(=O)O)CC1)C(=O)NCC(=O)N[C@@H](CC(=O)O)C(=O)NCc1ccc(C(=O)NCC(=O)N2CCCC2B(O)O)cc1. The normalized spacial score (nSPS) is 16.7. The summed E-state index contributed by atoms with van der Waals surface area (Å²) in [5, 5.41) is 59.4. The summed E-state index contributed by atoms with van der Waals surface area (Å²) < 4.78 is 0. The smallest absolute Gasteiger partial charge is 0.475 e. The Bertz CT molecular complexity index is 1880. The summed E-state index contributed by atoms with van der Waals surface area (Å²) in [7, 11) is -1.69. The van der Waals surface area contributed by atoms with E-state index in [4.69, 9.17) is 11.5 Å². The van der Waals surface area contributed by atoms with Crippen LogP contribution in [0.5, 0.6) is 0 Å². The molecule has 0 aromatic heterocycles. The van der Waals surface area contributed by atoms with E-state index in [9.17, 15) is 68.5 Å². The Labute approximate surface area is 387 Å². The van der Waals surface area contributed by atoms with E-state index in [1.54, 1.807) is 9.80 Å². The number of hydrogen-bond acceptors (Lipinski definition) is 15. The van der Waals surface area contributed by atoms with E-state index in [2.05, 4.69) is 31.6 Å². The molecule has 26 nitrogen and oxygen atoms in total. The Morgan fingerprint density at radius 3 is 1.85 bits per heavy atom. The van der Waals surface area contributed by atoms with Gasteiger partial charge >= 0.3 is 25.0 Å². The van der Waals surface area contributed by atoms with Crippen molar-refractivity contribution < 1.29 is 68.5 Å². The van der Waals surface area contributed by atoms with Gasteiger partial charge in [-0.3, -0.25) is 57.9 Å². The number of amides is 6. The monoisotopic (exact) mass is 946 g/mol. The van der Waals surface area contributed by atoms with Gasteiger partial charge in [0, 0.05) is 70.9 Å². The van der Waals surface area contributed by atoms with Crippen molar-refractivity contribution >= 4 is 66.4 Å². The summed E-state index contributed by atoms with van der Waals surface area (Å²) in [5.74, 6) is -8.40. The van der Waals surface area contributed by atoms with Crippen molar-refractivity contribution in [2.24, 2.45) is 16.5 Å². The third-order valence-corrected chi connectivity index (χ3v) is 10.9. The van der Waals surface area contributed by atoms with Gasteiger partial charge in [0.15, 0.2) is 5.96 Å². The van der Waals surface area contributed by atoms with Gasteiger partial charge in [0.2, 0.25) is 29.5 Å². The van der Waals surface area contributed by atoms with Gasteiger partial charge in [-0.05, 0) is 56.3 Å². The number of carboxylic acid groups (broad SMARTS) is 3. The van der Waals surface area contributed by atoms with Gasteiger partial charge in [0.05, 0.1) is 38.5 Å². The van der Waals surface area contributed by atoms with Crippen LogP contribution in [0.1, 0.15) is 60.9 Å². The summed E-state index contributed by atoms with van der Waals surface area (Å²) >= 11 is 0. The van der Waals surface area contributed by atoms with Crippen LogP contribution in [-0.4, -0.2) is 215 Å². The lowest BCUT2D eigenvalue weighted by Crippen LogP contribution is -2.52. The molecule has 0 saturated carbocycles. The van der Waals surface area contributed by atoms with Crippen LogP contribution < -0.4 is 38.1 Å². The Morgan fingerprint density at radius 2 is 1.28 bits per heavy atom. The Morgan fingerprint density at radius 1 is 0.701 bits per heavy atom. The van der Waals surface area contributed by atoms with Crippen molar-refractivity contribution in [3.8, 4) is 0 Å². The van der Waals surface area contributed by atoms with Gasteiger partial charge in [0.1, 0.15) is 12.1 Å². The lowest BCUT2D eigenvalue weighted by Gasteiger charge is -2.25. The van der Waals surface area contributed by atoms with Crippen LogP contribution in [0.4, 0.5) is 0 Å². The van der Waals surface area contributed by atoms with Gasteiger partial charge < -0.3 is 73.2 Å². The van der Waals surface area contributed by atoms with Gasteiger partial charge in [-0.1, -0.05) is 12.1 Å². The van der Waals surface area contributed by atoms with Crippen molar-refractivity contribution in [3.63, 3.8) is 0 Å². The molecule has 0 radical (unpaired) electrons. The zero-order valence-electron chi connectivity index (χ0n) is 37.3. The fourth-order valence-corrected chi connectivity index (χ4v) is 7.39. The Hall–Kier alpha value is -6.42. The maximum Gasteiger partial charge on any atom is 0.475 e. The zero-order valence-corrected chi connectivity index (χ0v) is 37.3. The van der Waals surface area contributed by atoms with Gasteiger partial charge in [0.25, 0.3) is 5.91 Å². The first-order chi connectivity index (χ1) is 31.8. The number of nitrogens with two attached hydrogens (primary N) is 2. The second-order valence-corrected chi connectivity index (χ2v) is 16.1. The molecule has 3 atom stereocenters. The molecule has 370 valence electrons. The number of nitrogens with zero attached hydrogens (tertiary/aromatic N) is 5. The molecule has 2 saturated heterocycles. The molecule has 3 rings (SSSR count).